The fraction of sp³-hybridized carbons (Fsp3) is 0. The van der Waals surface area contributed by atoms with Crippen LogP contribution < -0.4 is 5.11 Å². The van der Waals surface area contributed by atoms with E-state index < -0.39 is 10.9 Å². The van der Waals surface area contributed by atoms with Crippen molar-refractivity contribution in [2.45, 2.75) is 0 Å². The fourth-order valence-corrected chi connectivity index (χ4v) is 1.12. The predicted molar refractivity (Wildman–Crippen MR) is 52.1 cm³/mol. The van der Waals surface area contributed by atoms with E-state index in [1.807, 2.05) is 0 Å². The van der Waals surface area contributed by atoms with E-state index in [0.29, 0.717) is 5.56 Å². The van der Waals surface area contributed by atoms with E-state index >= 15 is 0 Å². The number of hydrogen-bond donors (Lipinski definition) is 0. The van der Waals surface area contributed by atoms with E-state index in [-0.39, 0.29) is 10.7 Å². The molecule has 0 unspecified atom stereocenters. The number of nitro groups is 1. The van der Waals surface area contributed by atoms with Gasteiger partial charge in [-0.25, -0.2) is 0 Å². The lowest BCUT2D eigenvalue weighted by atomic mass is 10.2. The van der Waals surface area contributed by atoms with Crippen LogP contribution in [-0.4, -0.2) is 10.9 Å². The van der Waals surface area contributed by atoms with Crippen LogP contribution >= 0.6 is 11.6 Å². The highest BCUT2D eigenvalue weighted by Gasteiger charge is 2.11. The Morgan fingerprint density at radius 2 is 2.13 bits per heavy atom. The van der Waals surface area contributed by atoms with Gasteiger partial charge in [-0.1, -0.05) is 23.7 Å². The van der Waals surface area contributed by atoms with Crippen LogP contribution in [0.3, 0.4) is 0 Å². The summed E-state index contributed by atoms with van der Waals surface area (Å²) in [5.41, 5.74) is 0.104. The lowest BCUT2D eigenvalue weighted by molar-refractivity contribution is -0.384. The third-order valence-corrected chi connectivity index (χ3v) is 1.90. The predicted octanol–water partition coefficient (Wildman–Crippen LogP) is 1.01. The molecule has 1 aromatic rings. The van der Waals surface area contributed by atoms with Gasteiger partial charge < -0.3 is 9.90 Å². The highest BCUT2D eigenvalue weighted by molar-refractivity contribution is 6.32. The molecule has 1 rings (SSSR count). The number of hydrogen-bond acceptors (Lipinski definition) is 4. The first kappa shape index (κ1) is 11.2. The first-order chi connectivity index (χ1) is 7.00. The number of rotatable bonds is 3. The molecular weight excluding hydrogens is 222 g/mol. The minimum atomic E-state index is -1.37. The van der Waals surface area contributed by atoms with E-state index in [9.17, 15) is 20.0 Å². The summed E-state index contributed by atoms with van der Waals surface area (Å²) in [5, 5.41) is 20.6. The fourth-order valence-electron chi connectivity index (χ4n) is 0.938. The van der Waals surface area contributed by atoms with Gasteiger partial charge in [-0.3, -0.25) is 10.1 Å². The Bertz CT molecular complexity index is 442. The molecule has 0 spiro atoms. The van der Waals surface area contributed by atoms with E-state index in [4.69, 9.17) is 11.6 Å². The minimum absolute atomic E-state index is 0.00519. The highest BCUT2D eigenvalue weighted by atomic mass is 35.5. The summed E-state index contributed by atoms with van der Waals surface area (Å²) < 4.78 is 0. The highest BCUT2D eigenvalue weighted by Crippen LogP contribution is 2.25. The second kappa shape index (κ2) is 4.56. The molecule has 5 nitrogen and oxygen atoms in total. The van der Waals surface area contributed by atoms with Gasteiger partial charge in [0.2, 0.25) is 0 Å². The Balaban J connectivity index is 3.08. The summed E-state index contributed by atoms with van der Waals surface area (Å²) in [5.74, 6) is -1.37. The largest absolute Gasteiger partial charge is 0.545 e. The number of carboxylic acids is 1. The maximum atomic E-state index is 10.5. The van der Waals surface area contributed by atoms with Gasteiger partial charge in [0.15, 0.2) is 0 Å². The molecule has 78 valence electrons. The summed E-state index contributed by atoms with van der Waals surface area (Å²) in [6.07, 6.45) is 1.98. The van der Waals surface area contributed by atoms with Gasteiger partial charge >= 0.3 is 0 Å². The third-order valence-electron chi connectivity index (χ3n) is 1.58. The lowest BCUT2D eigenvalue weighted by Gasteiger charge is -1.97. The monoisotopic (exact) mass is 226 g/mol. The topological polar surface area (TPSA) is 83.3 Å². The minimum Gasteiger partial charge on any atom is -0.545 e. The molecule has 0 bridgehead atoms. The van der Waals surface area contributed by atoms with Gasteiger partial charge in [-0.15, -0.1) is 0 Å². The Labute approximate surface area is 89.7 Å². The average molecular weight is 227 g/mol. The molecule has 0 heterocycles. The maximum absolute atomic E-state index is 10.5. The van der Waals surface area contributed by atoms with Gasteiger partial charge in [-0.05, 0) is 17.7 Å². The molecule has 0 atom stereocenters. The Hall–Kier alpha value is -1.88. The van der Waals surface area contributed by atoms with Crippen LogP contribution in [-0.2, 0) is 4.79 Å². The molecule has 1 aromatic carbocycles. The molecule has 0 aromatic heterocycles. The first-order valence-electron chi connectivity index (χ1n) is 3.83. The van der Waals surface area contributed by atoms with Crippen molar-refractivity contribution in [1.82, 2.24) is 0 Å². The van der Waals surface area contributed by atoms with Crippen molar-refractivity contribution in [1.29, 1.82) is 0 Å². The molecule has 6 heteroatoms. The van der Waals surface area contributed by atoms with E-state index in [2.05, 4.69) is 0 Å². The summed E-state index contributed by atoms with van der Waals surface area (Å²) in [6, 6.07) is 3.98. The molecule has 0 aliphatic heterocycles. The van der Waals surface area contributed by atoms with Crippen LogP contribution in [0.1, 0.15) is 5.56 Å². The van der Waals surface area contributed by atoms with Gasteiger partial charge in [0.05, 0.1) is 10.9 Å². The molecule has 0 radical (unpaired) electrons. The third kappa shape index (κ3) is 3.07. The van der Waals surface area contributed by atoms with Crippen LogP contribution in [0.5, 0.6) is 0 Å². The summed E-state index contributed by atoms with van der Waals surface area (Å²) in [7, 11) is 0. The molecule has 0 fully saturated rings. The molecule has 0 amide bonds. The second-order valence-electron chi connectivity index (χ2n) is 2.62. The lowest BCUT2D eigenvalue weighted by Crippen LogP contribution is -2.18. The van der Waals surface area contributed by atoms with Gasteiger partial charge in [0.1, 0.15) is 5.02 Å². The normalized spacial score (nSPS) is 10.5. The Morgan fingerprint density at radius 1 is 1.47 bits per heavy atom. The second-order valence-corrected chi connectivity index (χ2v) is 3.03. The molecule has 0 saturated carbocycles. The molecule has 0 saturated heterocycles. The summed E-state index contributed by atoms with van der Waals surface area (Å²) in [4.78, 5) is 19.9. The molecular formula is C9H5ClNO4-. The van der Waals surface area contributed by atoms with Gasteiger partial charge in [0.25, 0.3) is 5.69 Å². The van der Waals surface area contributed by atoms with Crippen LogP contribution in [0.25, 0.3) is 6.08 Å². The van der Waals surface area contributed by atoms with Crippen molar-refractivity contribution in [3.63, 3.8) is 0 Å². The standard InChI is InChI=1S/C9H6ClNO4/c10-7-3-1-6(2-4-9(12)13)5-8(7)11(14)15/h1-5H,(H,12,13)/p-1/b4-2+. The van der Waals surface area contributed by atoms with E-state index in [0.717, 1.165) is 6.08 Å². The zero-order valence-electron chi connectivity index (χ0n) is 7.34. The van der Waals surface area contributed by atoms with Crippen molar-refractivity contribution in [3.8, 4) is 0 Å². The number of carbonyl (C=O) groups excluding carboxylic acids is 1. The van der Waals surface area contributed by atoms with Crippen LogP contribution in [0.15, 0.2) is 24.3 Å². The quantitative estimate of drug-likeness (QED) is 0.437. The van der Waals surface area contributed by atoms with Crippen molar-refractivity contribution >= 4 is 29.3 Å². The van der Waals surface area contributed by atoms with Crippen LogP contribution in [0.2, 0.25) is 5.02 Å². The van der Waals surface area contributed by atoms with E-state index in [1.54, 1.807) is 0 Å². The number of nitro benzene ring substituents is 1. The number of nitrogens with zero attached hydrogens (tertiary/aromatic N) is 1. The Morgan fingerprint density at radius 3 is 2.67 bits per heavy atom. The summed E-state index contributed by atoms with van der Waals surface area (Å²) >= 11 is 5.56. The number of carboxylic acid groups (broad SMARTS) is 1. The van der Waals surface area contributed by atoms with Crippen LogP contribution in [0.4, 0.5) is 5.69 Å². The van der Waals surface area contributed by atoms with Crippen molar-refractivity contribution in [2.24, 2.45) is 0 Å². The van der Waals surface area contributed by atoms with Crippen molar-refractivity contribution in [3.05, 3.63) is 45.0 Å². The number of halogens is 1. The zero-order chi connectivity index (χ0) is 11.4. The van der Waals surface area contributed by atoms with E-state index in [1.165, 1.54) is 24.3 Å². The first-order valence-corrected chi connectivity index (χ1v) is 4.21. The smallest absolute Gasteiger partial charge is 0.288 e. The summed E-state index contributed by atoms with van der Waals surface area (Å²) in [6.45, 7) is 0. The molecule has 0 N–H and O–H groups in total. The molecule has 15 heavy (non-hydrogen) atoms. The number of aliphatic carboxylic acids is 1. The number of benzene rings is 1. The molecule has 0 aliphatic rings. The van der Waals surface area contributed by atoms with Gasteiger partial charge in [0, 0.05) is 6.07 Å². The average Bonchev–Trinajstić information content (AvgIpc) is 2.16. The number of carbonyl (C=O) groups is 1. The van der Waals surface area contributed by atoms with Gasteiger partial charge in [-0.2, -0.15) is 0 Å². The zero-order valence-corrected chi connectivity index (χ0v) is 8.10. The van der Waals surface area contributed by atoms with Crippen molar-refractivity contribution in [2.75, 3.05) is 0 Å². The maximum Gasteiger partial charge on any atom is 0.288 e. The van der Waals surface area contributed by atoms with Crippen LogP contribution in [0, 0.1) is 10.1 Å². The SMILES string of the molecule is O=C([O-])/C=C/c1ccc(Cl)c([N+](=O)[O-])c1. The molecule has 0 aliphatic carbocycles. The van der Waals surface area contributed by atoms with Crippen molar-refractivity contribution < 1.29 is 14.8 Å². The Kier molecular flexibility index (Phi) is 3.41.